The summed E-state index contributed by atoms with van der Waals surface area (Å²) in [6.07, 6.45) is 4.58. The smallest absolute Gasteiger partial charge is 0.191 e. The lowest BCUT2D eigenvalue weighted by Crippen LogP contribution is -2.38. The van der Waals surface area contributed by atoms with Crippen molar-refractivity contribution in [3.8, 4) is 0 Å². The number of hydrogen-bond acceptors (Lipinski definition) is 3. The monoisotopic (exact) mass is 325 g/mol. The van der Waals surface area contributed by atoms with Crippen LogP contribution in [0.4, 0.5) is 0 Å². The Hall–Kier alpha value is -2.76. The maximum Gasteiger partial charge on any atom is 0.191 e. The number of aromatic nitrogens is 2. The van der Waals surface area contributed by atoms with Crippen LogP contribution in [-0.2, 0) is 13.0 Å². The summed E-state index contributed by atoms with van der Waals surface area (Å²) in [5.74, 6) is 0.788. The Bertz CT molecular complexity index is 804. The summed E-state index contributed by atoms with van der Waals surface area (Å²) in [5.41, 5.74) is 4.63. The number of guanidine groups is 1. The van der Waals surface area contributed by atoms with E-state index in [1.165, 1.54) is 22.0 Å². The summed E-state index contributed by atoms with van der Waals surface area (Å²) in [7, 11) is 0. The van der Waals surface area contributed by atoms with Crippen molar-refractivity contribution >= 4 is 16.9 Å². The molecule has 3 N–H and O–H groups in total. The number of nitrogens with zero attached hydrogens (tertiary/aromatic N) is 2. The normalized spacial score (nSPS) is 11.8. The van der Waals surface area contributed by atoms with E-state index in [9.17, 15) is 0 Å². The van der Waals surface area contributed by atoms with Crippen molar-refractivity contribution in [2.75, 3.05) is 13.1 Å². The molecule has 6 nitrogen and oxygen atoms in total. The van der Waals surface area contributed by atoms with Crippen LogP contribution in [0.25, 0.3) is 10.9 Å². The molecule has 0 spiro atoms. The lowest BCUT2D eigenvalue weighted by molar-refractivity contribution is 0.412. The van der Waals surface area contributed by atoms with Gasteiger partial charge in [-0.15, -0.1) is 0 Å². The molecule has 0 saturated heterocycles. The van der Waals surface area contributed by atoms with E-state index in [1.54, 1.807) is 6.26 Å². The molecular formula is C18H23N5O. The Balaban J connectivity index is 1.60. The third-order valence-electron chi connectivity index (χ3n) is 3.93. The first-order valence-electron chi connectivity index (χ1n) is 8.25. The summed E-state index contributed by atoms with van der Waals surface area (Å²) >= 11 is 0. The molecule has 24 heavy (non-hydrogen) atoms. The first-order valence-corrected chi connectivity index (χ1v) is 8.25. The Morgan fingerprint density at radius 3 is 3.00 bits per heavy atom. The number of H-pyrrole nitrogens is 1. The van der Waals surface area contributed by atoms with Crippen LogP contribution in [0, 0.1) is 6.92 Å². The van der Waals surface area contributed by atoms with E-state index in [2.05, 4.69) is 64.0 Å². The van der Waals surface area contributed by atoms with Crippen molar-refractivity contribution in [2.45, 2.75) is 26.8 Å². The van der Waals surface area contributed by atoms with Gasteiger partial charge in [0, 0.05) is 36.3 Å². The van der Waals surface area contributed by atoms with Gasteiger partial charge in [-0.25, -0.2) is 4.99 Å². The minimum absolute atomic E-state index is 0.498. The van der Waals surface area contributed by atoms with Gasteiger partial charge in [0.25, 0.3) is 0 Å². The fourth-order valence-electron chi connectivity index (χ4n) is 2.71. The molecular weight excluding hydrogens is 302 g/mol. The number of aromatic amines is 1. The SMILES string of the molecule is CCNC(=NCc1ccon1)NCCc1c[nH]c2c(C)cccc12. The zero-order valence-electron chi connectivity index (χ0n) is 14.1. The molecule has 126 valence electrons. The van der Waals surface area contributed by atoms with Crippen molar-refractivity contribution in [3.63, 3.8) is 0 Å². The van der Waals surface area contributed by atoms with Crippen LogP contribution in [0.1, 0.15) is 23.7 Å². The molecule has 0 aliphatic carbocycles. The second-order valence-electron chi connectivity index (χ2n) is 5.67. The van der Waals surface area contributed by atoms with E-state index >= 15 is 0 Å². The molecule has 0 radical (unpaired) electrons. The predicted molar refractivity (Wildman–Crippen MR) is 96.1 cm³/mol. The van der Waals surface area contributed by atoms with Gasteiger partial charge >= 0.3 is 0 Å². The summed E-state index contributed by atoms with van der Waals surface area (Å²) in [4.78, 5) is 7.89. The average Bonchev–Trinajstić information content (AvgIpc) is 3.23. The van der Waals surface area contributed by atoms with Crippen molar-refractivity contribution < 1.29 is 4.52 Å². The minimum Gasteiger partial charge on any atom is -0.364 e. The van der Waals surface area contributed by atoms with Crippen LogP contribution >= 0.6 is 0 Å². The van der Waals surface area contributed by atoms with Gasteiger partial charge in [-0.05, 0) is 31.4 Å². The van der Waals surface area contributed by atoms with Crippen molar-refractivity contribution in [1.82, 2.24) is 20.8 Å². The molecule has 0 bridgehead atoms. The molecule has 0 saturated carbocycles. The fourth-order valence-corrected chi connectivity index (χ4v) is 2.71. The number of aryl methyl sites for hydroxylation is 1. The van der Waals surface area contributed by atoms with E-state index in [4.69, 9.17) is 4.52 Å². The average molecular weight is 325 g/mol. The highest BCUT2D eigenvalue weighted by Gasteiger charge is 2.05. The highest BCUT2D eigenvalue weighted by molar-refractivity contribution is 5.86. The standard InChI is InChI=1S/C18H23N5O/c1-3-19-18(22-12-15-8-10-24-23-15)20-9-7-14-11-21-17-13(2)5-4-6-16(14)17/h4-6,8,10-11,21H,3,7,9,12H2,1-2H3,(H2,19,20,22). The van der Waals surface area contributed by atoms with Gasteiger partial charge in [0.1, 0.15) is 12.0 Å². The Morgan fingerprint density at radius 1 is 1.29 bits per heavy atom. The summed E-state index contributed by atoms with van der Waals surface area (Å²) in [6.45, 7) is 6.30. The number of fused-ring (bicyclic) bond motifs is 1. The minimum atomic E-state index is 0.498. The molecule has 0 unspecified atom stereocenters. The van der Waals surface area contributed by atoms with Crippen molar-refractivity contribution in [1.29, 1.82) is 0 Å². The number of benzene rings is 1. The van der Waals surface area contributed by atoms with Crippen LogP contribution in [0.2, 0.25) is 0 Å². The van der Waals surface area contributed by atoms with Crippen LogP contribution in [-0.4, -0.2) is 29.2 Å². The van der Waals surface area contributed by atoms with Crippen LogP contribution in [0.3, 0.4) is 0 Å². The zero-order chi connectivity index (χ0) is 16.8. The Labute approximate surface area is 141 Å². The van der Waals surface area contributed by atoms with Gasteiger partial charge in [-0.1, -0.05) is 23.4 Å². The molecule has 0 amide bonds. The molecule has 0 fully saturated rings. The molecule has 2 heterocycles. The van der Waals surface area contributed by atoms with Gasteiger partial charge in [0.05, 0.1) is 6.54 Å². The molecule has 3 aromatic rings. The van der Waals surface area contributed by atoms with Crippen LogP contribution < -0.4 is 10.6 Å². The summed E-state index contributed by atoms with van der Waals surface area (Å²) in [6, 6.07) is 8.21. The first-order chi connectivity index (χ1) is 11.8. The number of rotatable bonds is 6. The maximum atomic E-state index is 4.82. The van der Waals surface area contributed by atoms with E-state index in [-0.39, 0.29) is 0 Å². The first kappa shape index (κ1) is 16.1. The largest absolute Gasteiger partial charge is 0.364 e. The Morgan fingerprint density at radius 2 is 2.21 bits per heavy atom. The van der Waals surface area contributed by atoms with E-state index in [0.717, 1.165) is 31.2 Å². The maximum absolute atomic E-state index is 4.82. The van der Waals surface area contributed by atoms with Gasteiger partial charge in [0.15, 0.2) is 5.96 Å². The van der Waals surface area contributed by atoms with Gasteiger partial charge < -0.3 is 20.1 Å². The molecule has 0 aliphatic rings. The number of nitrogens with one attached hydrogen (secondary N) is 3. The second-order valence-corrected chi connectivity index (χ2v) is 5.67. The van der Waals surface area contributed by atoms with Crippen molar-refractivity contribution in [2.24, 2.45) is 4.99 Å². The zero-order valence-corrected chi connectivity index (χ0v) is 14.1. The van der Waals surface area contributed by atoms with E-state index in [1.807, 2.05) is 6.07 Å². The molecule has 3 rings (SSSR count). The third kappa shape index (κ3) is 3.76. The summed E-state index contributed by atoms with van der Waals surface area (Å²) in [5, 5.41) is 11.8. The third-order valence-corrected chi connectivity index (χ3v) is 3.93. The molecule has 1 aromatic carbocycles. The highest BCUT2D eigenvalue weighted by Crippen LogP contribution is 2.21. The molecule has 0 aliphatic heterocycles. The summed E-state index contributed by atoms with van der Waals surface area (Å²) < 4.78 is 4.82. The second kappa shape index (κ2) is 7.68. The molecule has 6 heteroatoms. The fraction of sp³-hybridized carbons (Fsp3) is 0.333. The van der Waals surface area contributed by atoms with Crippen LogP contribution in [0.5, 0.6) is 0 Å². The van der Waals surface area contributed by atoms with E-state index < -0.39 is 0 Å². The molecule has 2 aromatic heterocycles. The molecule has 0 atom stereocenters. The number of hydrogen-bond donors (Lipinski definition) is 3. The lowest BCUT2D eigenvalue weighted by Gasteiger charge is -2.10. The van der Waals surface area contributed by atoms with Gasteiger partial charge in [-0.3, -0.25) is 0 Å². The number of aliphatic imine (C=N–C) groups is 1. The lowest BCUT2D eigenvalue weighted by atomic mass is 10.1. The van der Waals surface area contributed by atoms with Crippen molar-refractivity contribution in [3.05, 3.63) is 53.5 Å². The predicted octanol–water partition coefficient (Wildman–Crippen LogP) is 2.76. The number of para-hydroxylation sites is 1. The van der Waals surface area contributed by atoms with Crippen LogP contribution in [0.15, 0.2) is 46.2 Å². The quantitative estimate of drug-likeness (QED) is 0.481. The van der Waals surface area contributed by atoms with Gasteiger partial charge in [0.2, 0.25) is 0 Å². The van der Waals surface area contributed by atoms with Gasteiger partial charge in [-0.2, -0.15) is 0 Å². The Kier molecular flexibility index (Phi) is 5.15. The highest BCUT2D eigenvalue weighted by atomic mass is 16.5. The van der Waals surface area contributed by atoms with E-state index in [0.29, 0.717) is 6.54 Å². The topological polar surface area (TPSA) is 78.2 Å².